The zero-order valence-corrected chi connectivity index (χ0v) is 35.6. The Morgan fingerprint density at radius 3 is 1.84 bits per heavy atom. The van der Waals surface area contributed by atoms with Crippen molar-refractivity contribution in [3.63, 3.8) is 0 Å². The second-order valence-corrected chi connectivity index (χ2v) is 14.4. The minimum Gasteiger partial charge on any atom is -0.505 e. The highest BCUT2D eigenvalue weighted by molar-refractivity contribution is 6.05. The van der Waals surface area contributed by atoms with Gasteiger partial charge in [0, 0.05) is 74.3 Å². The van der Waals surface area contributed by atoms with E-state index in [1.165, 1.54) is 26.0 Å². The highest BCUT2D eigenvalue weighted by Crippen LogP contribution is 2.46. The number of carbonyl (C=O) groups excluding carboxylic acids is 3. The van der Waals surface area contributed by atoms with Gasteiger partial charge < -0.3 is 23.4 Å². The molecule has 4 aliphatic rings. The summed E-state index contributed by atoms with van der Waals surface area (Å²) < 4.78 is 79.6. The van der Waals surface area contributed by atoms with Gasteiger partial charge >= 0.3 is 5.97 Å². The lowest BCUT2D eigenvalue weighted by molar-refractivity contribution is -0.147. The minimum atomic E-state index is -0.959. The summed E-state index contributed by atoms with van der Waals surface area (Å²) >= 11 is 0. The van der Waals surface area contributed by atoms with Gasteiger partial charge in [-0.2, -0.15) is 0 Å². The number of fused-ring (bicyclic) bond motifs is 4. The minimum absolute atomic E-state index is 0.0574. The molecule has 328 valence electrons. The van der Waals surface area contributed by atoms with E-state index in [1.54, 1.807) is 57.2 Å². The second kappa shape index (κ2) is 18.8. The van der Waals surface area contributed by atoms with E-state index in [-0.39, 0.29) is 51.5 Å². The molecule has 64 heavy (non-hydrogen) atoms. The van der Waals surface area contributed by atoms with Crippen molar-refractivity contribution in [3.8, 4) is 56.4 Å². The van der Waals surface area contributed by atoms with Crippen LogP contribution in [0.5, 0.6) is 11.5 Å². The number of hydrogen-bond acceptors (Lipinski definition) is 10. The number of aldehydes is 2. The lowest BCUT2D eigenvalue weighted by Crippen LogP contribution is -2.12. The zero-order chi connectivity index (χ0) is 46.7. The van der Waals surface area contributed by atoms with Crippen LogP contribution in [-0.4, -0.2) is 30.4 Å². The first-order valence-electron chi connectivity index (χ1n) is 19.9. The van der Waals surface area contributed by atoms with Crippen molar-refractivity contribution in [2.75, 3.05) is 6.79 Å². The number of ether oxygens (including phenoxy) is 2. The molecule has 0 fully saturated rings. The Morgan fingerprint density at radius 2 is 1.28 bits per heavy atom. The van der Waals surface area contributed by atoms with E-state index in [4.69, 9.17) is 18.3 Å². The number of carbonyl (C=O) groups is 3. The van der Waals surface area contributed by atoms with E-state index < -0.39 is 52.6 Å². The zero-order valence-electron chi connectivity index (χ0n) is 35.6. The smallest absolute Gasteiger partial charge is 0.305 e. The van der Waals surface area contributed by atoms with Crippen LogP contribution in [0.25, 0.3) is 66.8 Å². The monoisotopic (exact) mass is 876 g/mol. The van der Waals surface area contributed by atoms with Crippen LogP contribution in [0.3, 0.4) is 0 Å². The fraction of sp³-hybridized carbons (Fsp3) is 0.180. The molecular formula is C50H40F4O10. The molecule has 0 atom stereocenters. The summed E-state index contributed by atoms with van der Waals surface area (Å²) in [5.41, 5.74) is 4.09. The van der Waals surface area contributed by atoms with Crippen molar-refractivity contribution in [1.29, 1.82) is 0 Å². The Morgan fingerprint density at radius 1 is 0.703 bits per heavy atom. The quantitative estimate of drug-likeness (QED) is 0.0513. The Balaban J connectivity index is 0.000000206. The van der Waals surface area contributed by atoms with Crippen molar-refractivity contribution < 1.29 is 55.4 Å². The third kappa shape index (κ3) is 8.58. The summed E-state index contributed by atoms with van der Waals surface area (Å²) in [7, 11) is 0. The molecule has 8 rings (SSSR count). The van der Waals surface area contributed by atoms with E-state index in [9.17, 15) is 46.6 Å². The summed E-state index contributed by atoms with van der Waals surface area (Å²) in [4.78, 5) is 57.3. The van der Waals surface area contributed by atoms with Gasteiger partial charge in [-0.1, -0.05) is 45.0 Å². The number of aromatic hydroxyl groups is 1. The molecule has 0 radical (unpaired) electrons. The average molecular weight is 877 g/mol. The molecule has 2 aliphatic heterocycles. The lowest BCUT2D eigenvalue weighted by atomic mass is 9.89. The first-order chi connectivity index (χ1) is 30.6. The maximum absolute atomic E-state index is 14.9. The van der Waals surface area contributed by atoms with Crippen LogP contribution in [0.2, 0.25) is 0 Å². The van der Waals surface area contributed by atoms with E-state index in [2.05, 4.69) is 0 Å². The molecule has 2 heterocycles. The third-order valence-corrected chi connectivity index (χ3v) is 10.4. The molecular weight excluding hydrogens is 837 g/mol. The SMILES string of the molecule is CC.CC(=O)OCOc1cc2oc3c(C)c(=O)c(F)cc-3c(-c3ccc(C=O)cc3C)c2cc1F.CCc1c(O)c(F)cc2c(-c3ccc(C=O)cc3C)c3cc(F)c(=O)cc-3oc12. The van der Waals surface area contributed by atoms with Gasteiger partial charge in [0.1, 0.15) is 35.3 Å². The summed E-state index contributed by atoms with van der Waals surface area (Å²) in [6, 6.07) is 16.6. The molecule has 0 bridgehead atoms. The first-order valence-corrected chi connectivity index (χ1v) is 19.9. The molecule has 0 spiro atoms. The van der Waals surface area contributed by atoms with Crippen LogP contribution in [0, 0.1) is 44.0 Å². The Kier molecular flexibility index (Phi) is 13.5. The van der Waals surface area contributed by atoms with Crippen LogP contribution in [0.1, 0.15) is 70.7 Å². The number of halogens is 4. The number of rotatable bonds is 8. The van der Waals surface area contributed by atoms with Crippen LogP contribution >= 0.6 is 0 Å². The molecule has 10 nitrogen and oxygen atoms in total. The van der Waals surface area contributed by atoms with E-state index in [0.29, 0.717) is 73.4 Å². The summed E-state index contributed by atoms with van der Waals surface area (Å²) in [5, 5.41) is 10.8. The maximum Gasteiger partial charge on any atom is 0.305 e. The Labute approximate surface area is 363 Å². The molecule has 4 aromatic carbocycles. The van der Waals surface area contributed by atoms with Gasteiger partial charge in [0.15, 0.2) is 34.8 Å². The van der Waals surface area contributed by atoms with Crippen molar-refractivity contribution in [2.24, 2.45) is 0 Å². The average Bonchev–Trinajstić information content (AvgIpc) is 3.27. The standard InChI is InChI=1S/C25H18F2O6.C23H16F2O4.C2H6/c1-12-6-15(10-28)4-5-16(12)23-17-7-19(26)22(32-11-31-14(3)29)9-21(17)33-25-13(2)24(30)20(27)8-18(23)25;1-3-13-22(28)18(25)8-16-21(14-5-4-12(10-26)6-11(14)2)15-7-17(24)19(27)9-20(15)29-23(13)16;1-2/h4-10H,11H2,1-3H3;4-10,28H,3H2,1-2H3;1-2H3. The van der Waals surface area contributed by atoms with Crippen LogP contribution in [0.4, 0.5) is 17.6 Å². The summed E-state index contributed by atoms with van der Waals surface area (Å²) in [5.74, 6) is -4.58. The molecule has 2 aliphatic carbocycles. The molecule has 0 unspecified atom stereocenters. The summed E-state index contributed by atoms with van der Waals surface area (Å²) in [6.45, 7) is 11.4. The van der Waals surface area contributed by atoms with Gasteiger partial charge in [-0.3, -0.25) is 24.0 Å². The molecule has 1 N–H and O–H groups in total. The molecule has 14 heteroatoms. The number of phenols is 1. The largest absolute Gasteiger partial charge is 0.505 e. The number of phenolic OH excluding ortho intramolecular Hbond substituents is 1. The van der Waals surface area contributed by atoms with E-state index in [1.807, 2.05) is 13.8 Å². The van der Waals surface area contributed by atoms with E-state index >= 15 is 0 Å². The van der Waals surface area contributed by atoms with Gasteiger partial charge in [0.25, 0.3) is 0 Å². The van der Waals surface area contributed by atoms with Crippen LogP contribution in [0.15, 0.2) is 91.2 Å². The van der Waals surface area contributed by atoms with E-state index in [0.717, 1.165) is 24.3 Å². The van der Waals surface area contributed by atoms with Gasteiger partial charge in [-0.25, -0.2) is 17.6 Å². The Hall–Kier alpha value is -7.61. The summed E-state index contributed by atoms with van der Waals surface area (Å²) in [6.07, 6.45) is 1.69. The lowest BCUT2D eigenvalue weighted by Gasteiger charge is -2.19. The van der Waals surface area contributed by atoms with Gasteiger partial charge in [0.2, 0.25) is 17.7 Å². The van der Waals surface area contributed by atoms with Crippen molar-refractivity contribution in [2.45, 2.75) is 54.9 Å². The molecule has 0 saturated heterocycles. The third-order valence-electron chi connectivity index (χ3n) is 10.4. The predicted octanol–water partition coefficient (Wildman–Crippen LogP) is 11.4. The predicted molar refractivity (Wildman–Crippen MR) is 234 cm³/mol. The van der Waals surface area contributed by atoms with Gasteiger partial charge in [-0.15, -0.1) is 0 Å². The number of aryl methyl sites for hydroxylation is 3. The fourth-order valence-electron chi connectivity index (χ4n) is 7.45. The highest BCUT2D eigenvalue weighted by Gasteiger charge is 2.27. The second-order valence-electron chi connectivity index (χ2n) is 14.4. The number of hydrogen-bond donors (Lipinski definition) is 1. The molecule has 0 amide bonds. The molecule has 0 aromatic heterocycles. The molecule has 4 aromatic rings. The Bertz CT molecular complexity index is 3200. The topological polar surface area (TPSA) is 150 Å². The van der Waals surface area contributed by atoms with Crippen molar-refractivity contribution in [3.05, 3.63) is 150 Å². The fourth-order valence-corrected chi connectivity index (χ4v) is 7.45. The van der Waals surface area contributed by atoms with Crippen molar-refractivity contribution >= 4 is 40.5 Å². The maximum atomic E-state index is 14.9. The van der Waals surface area contributed by atoms with Gasteiger partial charge in [-0.05, 0) is 85.8 Å². The number of esters is 1. The first kappa shape index (κ1) is 45.9. The molecule has 0 saturated carbocycles. The number of benzene rings is 6. The normalized spacial score (nSPS) is 10.9. The van der Waals surface area contributed by atoms with Gasteiger partial charge in [0.05, 0.1) is 0 Å². The van der Waals surface area contributed by atoms with Crippen LogP contribution in [-0.2, 0) is 16.0 Å². The van der Waals surface area contributed by atoms with Crippen molar-refractivity contribution in [1.82, 2.24) is 0 Å². The highest BCUT2D eigenvalue weighted by atomic mass is 19.1. The van der Waals surface area contributed by atoms with Crippen LogP contribution < -0.4 is 15.6 Å².